The molecule has 4 aliphatic rings. The first-order chi connectivity index (χ1) is 7.22. The minimum Gasteiger partial charge on any atom is -0.369 e. The quantitative estimate of drug-likeness (QED) is 0.723. The molecule has 0 radical (unpaired) electrons. The van der Waals surface area contributed by atoms with Crippen LogP contribution < -0.4 is 11.1 Å². The Labute approximate surface area is 90.8 Å². The molecule has 15 heavy (non-hydrogen) atoms. The van der Waals surface area contributed by atoms with Crippen LogP contribution in [0.1, 0.15) is 32.1 Å². The van der Waals surface area contributed by atoms with E-state index in [4.69, 9.17) is 5.73 Å². The van der Waals surface area contributed by atoms with Crippen LogP contribution in [0.5, 0.6) is 0 Å². The van der Waals surface area contributed by atoms with Crippen LogP contribution in [0.25, 0.3) is 0 Å². The number of hydrogen-bond donors (Lipinski definition) is 2. The van der Waals surface area contributed by atoms with Gasteiger partial charge in [0.15, 0.2) is 0 Å². The van der Waals surface area contributed by atoms with Gasteiger partial charge in [0.2, 0.25) is 5.91 Å². The van der Waals surface area contributed by atoms with Crippen molar-refractivity contribution in [3.63, 3.8) is 0 Å². The first-order valence-corrected chi connectivity index (χ1v) is 6.24. The predicted octanol–water partition coefficient (Wildman–Crippen LogP) is 0.886. The van der Waals surface area contributed by atoms with Crippen LogP contribution in [-0.2, 0) is 4.79 Å². The smallest absolute Gasteiger partial charge is 0.231 e. The zero-order valence-electron chi connectivity index (χ0n) is 9.11. The molecule has 3 N–H and O–H groups in total. The van der Waals surface area contributed by atoms with Gasteiger partial charge in [-0.15, -0.1) is 0 Å². The van der Waals surface area contributed by atoms with Crippen LogP contribution in [0.3, 0.4) is 0 Å². The van der Waals surface area contributed by atoms with Crippen LogP contribution in [0, 0.1) is 23.7 Å². The number of nitrogens with two attached hydrogens (primary N) is 1. The third-order valence-electron chi connectivity index (χ3n) is 4.74. The highest BCUT2D eigenvalue weighted by molar-refractivity contribution is 5.75. The van der Waals surface area contributed by atoms with Gasteiger partial charge in [-0.3, -0.25) is 4.79 Å². The van der Waals surface area contributed by atoms with Crippen molar-refractivity contribution < 1.29 is 4.79 Å². The lowest BCUT2D eigenvalue weighted by Gasteiger charge is -2.54. The molecular weight excluding hydrogens is 188 g/mol. The van der Waals surface area contributed by atoms with Crippen LogP contribution in [0.4, 0.5) is 0 Å². The summed E-state index contributed by atoms with van der Waals surface area (Å²) in [6.07, 6.45) is 7.05. The maximum absolute atomic E-state index is 10.8. The molecule has 0 aromatic carbocycles. The number of rotatable bonds is 3. The largest absolute Gasteiger partial charge is 0.369 e. The summed E-state index contributed by atoms with van der Waals surface area (Å²) in [6.45, 7) is 0.368. The Morgan fingerprint density at radius 3 is 2.07 bits per heavy atom. The SMILES string of the molecule is NC(=O)CNC1C2CC3CC(C2)CC1C3. The summed E-state index contributed by atoms with van der Waals surface area (Å²) in [4.78, 5) is 10.8. The molecular formula is C12H20N2O. The third-order valence-corrected chi connectivity index (χ3v) is 4.74. The fraction of sp³-hybridized carbons (Fsp3) is 0.917. The lowest BCUT2D eigenvalue weighted by molar-refractivity contribution is -0.117. The molecule has 0 spiro atoms. The number of primary amides is 1. The molecule has 0 aliphatic heterocycles. The van der Waals surface area contributed by atoms with E-state index >= 15 is 0 Å². The molecule has 4 fully saturated rings. The highest BCUT2D eigenvalue weighted by Crippen LogP contribution is 2.53. The topological polar surface area (TPSA) is 55.1 Å². The molecule has 3 heteroatoms. The number of nitrogens with one attached hydrogen (secondary N) is 1. The minimum absolute atomic E-state index is 0.219. The molecule has 4 rings (SSSR count). The highest BCUT2D eigenvalue weighted by Gasteiger charge is 2.47. The molecule has 0 saturated heterocycles. The summed E-state index contributed by atoms with van der Waals surface area (Å²) in [6, 6.07) is 0.588. The fourth-order valence-electron chi connectivity index (χ4n) is 4.48. The van der Waals surface area contributed by atoms with Gasteiger partial charge in [-0.2, -0.15) is 0 Å². The Bertz CT molecular complexity index is 249. The van der Waals surface area contributed by atoms with E-state index in [1.807, 2.05) is 0 Å². The van der Waals surface area contributed by atoms with Crippen molar-refractivity contribution in [2.75, 3.05) is 6.54 Å². The number of hydrogen-bond acceptors (Lipinski definition) is 2. The van der Waals surface area contributed by atoms with Gasteiger partial charge >= 0.3 is 0 Å². The van der Waals surface area contributed by atoms with Gasteiger partial charge in [-0.25, -0.2) is 0 Å². The minimum atomic E-state index is -0.219. The van der Waals surface area contributed by atoms with Crippen molar-refractivity contribution in [3.8, 4) is 0 Å². The molecule has 0 atom stereocenters. The summed E-state index contributed by atoms with van der Waals surface area (Å²) >= 11 is 0. The summed E-state index contributed by atoms with van der Waals surface area (Å²) < 4.78 is 0. The molecule has 84 valence electrons. The van der Waals surface area contributed by atoms with Gasteiger partial charge in [0.25, 0.3) is 0 Å². The molecule has 3 nitrogen and oxygen atoms in total. The van der Waals surface area contributed by atoms with E-state index < -0.39 is 0 Å². The van der Waals surface area contributed by atoms with E-state index in [-0.39, 0.29) is 5.91 Å². The normalized spacial score (nSPS) is 47.1. The summed E-state index contributed by atoms with van der Waals surface area (Å²) in [5.74, 6) is 3.45. The van der Waals surface area contributed by atoms with Crippen molar-refractivity contribution in [1.29, 1.82) is 0 Å². The highest BCUT2D eigenvalue weighted by atomic mass is 16.1. The molecule has 0 heterocycles. The Balaban J connectivity index is 1.67. The van der Waals surface area contributed by atoms with Crippen molar-refractivity contribution in [3.05, 3.63) is 0 Å². The van der Waals surface area contributed by atoms with Gasteiger partial charge in [-0.05, 0) is 55.8 Å². The zero-order valence-corrected chi connectivity index (χ0v) is 9.11. The lowest BCUT2D eigenvalue weighted by Crippen LogP contribution is -2.55. The Morgan fingerprint density at radius 2 is 1.60 bits per heavy atom. The standard InChI is InChI=1S/C12H20N2O/c13-11(15)6-14-12-9-2-7-1-8(4-9)5-10(12)3-7/h7-10,12,14H,1-6H2,(H2,13,15). The summed E-state index contributed by atoms with van der Waals surface area (Å²) in [7, 11) is 0. The molecule has 4 saturated carbocycles. The van der Waals surface area contributed by atoms with Crippen LogP contribution in [0.2, 0.25) is 0 Å². The first kappa shape index (κ1) is 9.64. The second-order valence-corrected chi connectivity index (χ2v) is 5.80. The number of amides is 1. The monoisotopic (exact) mass is 208 g/mol. The second kappa shape index (κ2) is 3.48. The second-order valence-electron chi connectivity index (χ2n) is 5.80. The average Bonchev–Trinajstić information content (AvgIpc) is 2.14. The van der Waals surface area contributed by atoms with Crippen molar-refractivity contribution >= 4 is 5.91 Å². The molecule has 0 aromatic rings. The lowest BCUT2D eigenvalue weighted by atomic mass is 9.54. The fourth-order valence-corrected chi connectivity index (χ4v) is 4.48. The maximum atomic E-state index is 10.8. The van der Waals surface area contributed by atoms with Gasteiger partial charge in [0.1, 0.15) is 0 Å². The Hall–Kier alpha value is -0.570. The maximum Gasteiger partial charge on any atom is 0.231 e. The first-order valence-electron chi connectivity index (χ1n) is 6.24. The average molecular weight is 208 g/mol. The van der Waals surface area contributed by atoms with E-state index in [9.17, 15) is 4.79 Å². The summed E-state index contributed by atoms with van der Waals surface area (Å²) in [5.41, 5.74) is 5.19. The Kier molecular flexibility index (Phi) is 2.23. The third kappa shape index (κ3) is 1.67. The molecule has 0 aromatic heterocycles. The van der Waals surface area contributed by atoms with E-state index in [0.717, 1.165) is 23.7 Å². The molecule has 4 aliphatic carbocycles. The predicted molar refractivity (Wildman–Crippen MR) is 58.0 cm³/mol. The van der Waals surface area contributed by atoms with Crippen LogP contribution in [0.15, 0.2) is 0 Å². The number of carbonyl (C=O) groups excluding carboxylic acids is 1. The molecule has 1 amide bonds. The number of carbonyl (C=O) groups is 1. The van der Waals surface area contributed by atoms with Gasteiger partial charge in [0.05, 0.1) is 6.54 Å². The van der Waals surface area contributed by atoms with Crippen molar-refractivity contribution in [2.24, 2.45) is 29.4 Å². The van der Waals surface area contributed by atoms with Crippen LogP contribution in [-0.4, -0.2) is 18.5 Å². The van der Waals surface area contributed by atoms with Gasteiger partial charge < -0.3 is 11.1 Å². The van der Waals surface area contributed by atoms with Gasteiger partial charge in [-0.1, -0.05) is 0 Å². The van der Waals surface area contributed by atoms with E-state index in [0.29, 0.717) is 12.6 Å². The molecule has 4 bridgehead atoms. The van der Waals surface area contributed by atoms with E-state index in [2.05, 4.69) is 5.32 Å². The van der Waals surface area contributed by atoms with E-state index in [1.165, 1.54) is 32.1 Å². The van der Waals surface area contributed by atoms with Crippen molar-refractivity contribution in [1.82, 2.24) is 5.32 Å². The summed E-state index contributed by atoms with van der Waals surface area (Å²) in [5, 5.41) is 3.39. The Morgan fingerprint density at radius 1 is 1.07 bits per heavy atom. The van der Waals surface area contributed by atoms with E-state index in [1.54, 1.807) is 0 Å². The van der Waals surface area contributed by atoms with Crippen molar-refractivity contribution in [2.45, 2.75) is 38.1 Å². The van der Waals surface area contributed by atoms with Gasteiger partial charge in [0, 0.05) is 6.04 Å². The zero-order chi connectivity index (χ0) is 10.4. The van der Waals surface area contributed by atoms with Crippen LogP contribution >= 0.6 is 0 Å². The molecule has 0 unspecified atom stereocenters.